The van der Waals surface area contributed by atoms with Crippen LogP contribution in [0.15, 0.2) is 72.8 Å². The van der Waals surface area contributed by atoms with Crippen LogP contribution in [0.4, 0.5) is 0 Å². The molecule has 0 aliphatic heterocycles. The minimum absolute atomic E-state index is 0.201. The molecule has 0 aliphatic carbocycles. The number of benzene rings is 3. The molecule has 0 atom stereocenters. The number of carbonyl (C=O) groups excluding carboxylic acids is 2. The zero-order valence-corrected chi connectivity index (χ0v) is 13.9. The summed E-state index contributed by atoms with van der Waals surface area (Å²) in [4.78, 5) is 24.0. The summed E-state index contributed by atoms with van der Waals surface area (Å²) >= 11 is 0. The fourth-order valence-electron chi connectivity index (χ4n) is 2.53. The number of carbonyl (C=O) groups is 2. The molecule has 0 bridgehead atoms. The lowest BCUT2D eigenvalue weighted by atomic mass is 10.0. The second-order valence-electron chi connectivity index (χ2n) is 5.63. The van der Waals surface area contributed by atoms with Crippen LogP contribution in [0.1, 0.15) is 29.3 Å². The maximum atomic E-state index is 12.5. The highest BCUT2D eigenvalue weighted by atomic mass is 16.5. The van der Waals surface area contributed by atoms with Crippen molar-refractivity contribution in [3.05, 3.63) is 83.9 Å². The summed E-state index contributed by atoms with van der Waals surface area (Å²) in [6.07, 6.45) is 3.53. The van der Waals surface area contributed by atoms with E-state index in [1.807, 2.05) is 42.5 Å². The molecule has 0 spiro atoms. The zero-order valence-electron chi connectivity index (χ0n) is 13.9. The Kier molecular flexibility index (Phi) is 5.05. The van der Waals surface area contributed by atoms with Crippen LogP contribution in [0.5, 0.6) is 5.75 Å². The van der Waals surface area contributed by atoms with E-state index in [2.05, 4.69) is 0 Å². The van der Waals surface area contributed by atoms with Gasteiger partial charge in [0.25, 0.3) is 0 Å². The molecule has 0 aromatic heterocycles. The highest BCUT2D eigenvalue weighted by Crippen LogP contribution is 2.21. The van der Waals surface area contributed by atoms with E-state index >= 15 is 0 Å². The molecule has 0 fully saturated rings. The normalized spacial score (nSPS) is 10.9. The summed E-state index contributed by atoms with van der Waals surface area (Å²) in [6.45, 7) is 1.71. The first-order valence-corrected chi connectivity index (χ1v) is 8.18. The first kappa shape index (κ1) is 16.7. The van der Waals surface area contributed by atoms with E-state index in [4.69, 9.17) is 4.74 Å². The monoisotopic (exact) mass is 330 g/mol. The van der Waals surface area contributed by atoms with Crippen LogP contribution in [0, 0.1) is 0 Å². The molecule has 0 saturated heterocycles. The number of ketones is 1. The Balaban J connectivity index is 1.83. The Morgan fingerprint density at radius 3 is 2.44 bits per heavy atom. The fraction of sp³-hybridized carbons (Fsp3) is 0.0909. The zero-order chi connectivity index (χ0) is 17.6. The van der Waals surface area contributed by atoms with Gasteiger partial charge in [-0.1, -0.05) is 61.5 Å². The number of allylic oxidation sites excluding steroid dienone is 1. The van der Waals surface area contributed by atoms with Crippen molar-refractivity contribution in [2.75, 3.05) is 0 Å². The van der Waals surface area contributed by atoms with Crippen LogP contribution < -0.4 is 4.74 Å². The Hall–Kier alpha value is -3.20. The largest absolute Gasteiger partial charge is 0.426 e. The summed E-state index contributed by atoms with van der Waals surface area (Å²) in [5.74, 6) is -0.270. The van der Waals surface area contributed by atoms with Gasteiger partial charge in [0.05, 0.1) is 5.56 Å². The summed E-state index contributed by atoms with van der Waals surface area (Å²) in [7, 11) is 0. The fourth-order valence-corrected chi connectivity index (χ4v) is 2.53. The highest BCUT2D eigenvalue weighted by molar-refractivity contribution is 6.09. The molecular formula is C22H18O3. The molecule has 0 heterocycles. The van der Waals surface area contributed by atoms with Gasteiger partial charge in [-0.3, -0.25) is 9.59 Å². The molecule has 0 saturated carbocycles. The average Bonchev–Trinajstić information content (AvgIpc) is 2.66. The standard InChI is InChI=1S/C22H18O3/c1-2-22(24)25-21-10-6-5-9-19(21)20(23)14-12-16-11-13-17-7-3-4-8-18(17)15-16/h3-15H,2H2,1H3/b14-12+. The SMILES string of the molecule is CCC(=O)Oc1ccccc1C(=O)/C=C/c1ccc2ccccc2c1. The van der Waals surface area contributed by atoms with Gasteiger partial charge in [0.2, 0.25) is 0 Å². The number of para-hydroxylation sites is 1. The lowest BCUT2D eigenvalue weighted by molar-refractivity contribution is -0.134. The van der Waals surface area contributed by atoms with Crippen LogP contribution in [-0.4, -0.2) is 11.8 Å². The predicted octanol–water partition coefficient (Wildman–Crippen LogP) is 5.05. The third-order valence-corrected chi connectivity index (χ3v) is 3.87. The lowest BCUT2D eigenvalue weighted by Gasteiger charge is -2.06. The van der Waals surface area contributed by atoms with Crippen molar-refractivity contribution in [1.82, 2.24) is 0 Å². The summed E-state index contributed by atoms with van der Waals surface area (Å²) in [5, 5.41) is 2.28. The molecule has 0 amide bonds. The van der Waals surface area contributed by atoms with Gasteiger partial charge < -0.3 is 4.74 Å². The Bertz CT molecular complexity index is 954. The molecule has 3 aromatic rings. The average molecular weight is 330 g/mol. The summed E-state index contributed by atoms with van der Waals surface area (Å²) in [5.41, 5.74) is 1.32. The molecule has 0 radical (unpaired) electrons. The van der Waals surface area contributed by atoms with Gasteiger partial charge in [-0.25, -0.2) is 0 Å². The molecule has 25 heavy (non-hydrogen) atoms. The topological polar surface area (TPSA) is 43.4 Å². The molecule has 3 aromatic carbocycles. The first-order valence-electron chi connectivity index (χ1n) is 8.18. The number of esters is 1. The molecule has 0 unspecified atom stereocenters. The van der Waals surface area contributed by atoms with Gasteiger partial charge in [0.15, 0.2) is 5.78 Å². The van der Waals surface area contributed by atoms with Gasteiger partial charge in [0.1, 0.15) is 5.75 Å². The Labute approximate surface area is 146 Å². The maximum Gasteiger partial charge on any atom is 0.310 e. The van der Waals surface area contributed by atoms with Crippen LogP contribution in [-0.2, 0) is 4.79 Å². The molecular weight excluding hydrogens is 312 g/mol. The minimum atomic E-state index is -0.362. The first-order chi connectivity index (χ1) is 12.2. The van der Waals surface area contributed by atoms with E-state index < -0.39 is 0 Å². The number of rotatable bonds is 5. The minimum Gasteiger partial charge on any atom is -0.426 e. The van der Waals surface area contributed by atoms with Gasteiger partial charge in [-0.15, -0.1) is 0 Å². The van der Waals surface area contributed by atoms with Crippen LogP contribution in [0.2, 0.25) is 0 Å². The number of fused-ring (bicyclic) bond motifs is 1. The van der Waals surface area contributed by atoms with E-state index in [-0.39, 0.29) is 18.2 Å². The third-order valence-electron chi connectivity index (χ3n) is 3.87. The third kappa shape index (κ3) is 4.01. The molecule has 0 N–H and O–H groups in total. The van der Waals surface area contributed by atoms with Crippen molar-refractivity contribution in [3.8, 4) is 5.75 Å². The van der Waals surface area contributed by atoms with Crippen molar-refractivity contribution in [2.24, 2.45) is 0 Å². The molecule has 3 rings (SSSR count). The van der Waals surface area contributed by atoms with E-state index in [0.29, 0.717) is 11.3 Å². The van der Waals surface area contributed by atoms with Gasteiger partial charge in [0, 0.05) is 6.42 Å². The Morgan fingerprint density at radius 2 is 1.64 bits per heavy atom. The van der Waals surface area contributed by atoms with Crippen LogP contribution >= 0.6 is 0 Å². The number of hydrogen-bond donors (Lipinski definition) is 0. The van der Waals surface area contributed by atoms with E-state index in [1.54, 1.807) is 37.3 Å². The van der Waals surface area contributed by atoms with Crippen molar-refractivity contribution < 1.29 is 14.3 Å². The van der Waals surface area contributed by atoms with E-state index in [0.717, 1.165) is 16.3 Å². The van der Waals surface area contributed by atoms with Gasteiger partial charge in [-0.05, 0) is 40.6 Å². The second kappa shape index (κ2) is 7.58. The summed E-state index contributed by atoms with van der Waals surface area (Å²) in [6, 6.07) is 20.9. The molecule has 124 valence electrons. The van der Waals surface area contributed by atoms with Gasteiger partial charge in [-0.2, -0.15) is 0 Å². The summed E-state index contributed by atoms with van der Waals surface area (Å²) < 4.78 is 5.23. The van der Waals surface area contributed by atoms with Crippen molar-refractivity contribution in [3.63, 3.8) is 0 Å². The highest BCUT2D eigenvalue weighted by Gasteiger charge is 2.12. The second-order valence-corrected chi connectivity index (χ2v) is 5.63. The predicted molar refractivity (Wildman–Crippen MR) is 99.7 cm³/mol. The molecule has 0 aliphatic rings. The van der Waals surface area contributed by atoms with Gasteiger partial charge >= 0.3 is 5.97 Å². The molecule has 3 heteroatoms. The van der Waals surface area contributed by atoms with E-state index in [1.165, 1.54) is 6.08 Å². The van der Waals surface area contributed by atoms with E-state index in [9.17, 15) is 9.59 Å². The quantitative estimate of drug-likeness (QED) is 0.284. The number of hydrogen-bond acceptors (Lipinski definition) is 3. The Morgan fingerprint density at radius 1 is 0.920 bits per heavy atom. The lowest BCUT2D eigenvalue weighted by Crippen LogP contribution is -2.09. The number of ether oxygens (including phenoxy) is 1. The van der Waals surface area contributed by atoms with Crippen LogP contribution in [0.3, 0.4) is 0 Å². The van der Waals surface area contributed by atoms with Crippen LogP contribution in [0.25, 0.3) is 16.8 Å². The molecule has 3 nitrogen and oxygen atoms in total. The van der Waals surface area contributed by atoms with Crippen molar-refractivity contribution in [2.45, 2.75) is 13.3 Å². The van der Waals surface area contributed by atoms with Crippen molar-refractivity contribution in [1.29, 1.82) is 0 Å². The maximum absolute atomic E-state index is 12.5. The van der Waals surface area contributed by atoms with Crippen molar-refractivity contribution >= 4 is 28.6 Å². The smallest absolute Gasteiger partial charge is 0.310 e.